The van der Waals surface area contributed by atoms with Crippen LogP contribution in [-0.4, -0.2) is 0 Å². The Morgan fingerprint density at radius 3 is 1.30 bits per heavy atom. The van der Waals surface area contributed by atoms with Crippen molar-refractivity contribution in [1.29, 1.82) is 0 Å². The van der Waals surface area contributed by atoms with Gasteiger partial charge >= 0.3 is 0 Å². The fourth-order valence-corrected chi connectivity index (χ4v) is 4.18. The number of halogens is 4. The molecule has 0 saturated carbocycles. The third-order valence-corrected chi connectivity index (χ3v) is 6.95. The summed E-state index contributed by atoms with van der Waals surface area (Å²) in [5, 5.41) is 2.51. The Labute approximate surface area is 257 Å². The fraction of sp³-hybridized carbons (Fsp3) is 0.333. The second kappa shape index (κ2) is 18.9. The van der Waals surface area contributed by atoms with Crippen LogP contribution in [0.15, 0.2) is 97.1 Å². The lowest BCUT2D eigenvalue weighted by Gasteiger charge is -2.05. The van der Waals surface area contributed by atoms with E-state index in [1.54, 1.807) is 0 Å². The quantitative estimate of drug-likeness (QED) is 0.218. The summed E-state index contributed by atoms with van der Waals surface area (Å²) in [6.07, 6.45) is 0. The molecule has 40 heavy (non-hydrogen) atoms. The summed E-state index contributed by atoms with van der Waals surface area (Å²) in [7, 11) is 0. The monoisotopic (exact) mass is 600 g/mol. The summed E-state index contributed by atoms with van der Waals surface area (Å²) >= 11 is 17.4. The second-order valence-corrected chi connectivity index (χ2v) is 12.1. The maximum absolute atomic E-state index is 12.4. The van der Waals surface area contributed by atoms with Crippen LogP contribution in [0.25, 0.3) is 0 Å². The van der Waals surface area contributed by atoms with Gasteiger partial charge in [0.2, 0.25) is 0 Å². The molecule has 0 aliphatic heterocycles. The average Bonchev–Trinajstić information content (AvgIpc) is 2.90. The smallest absolute Gasteiger partial charge is 0.123 e. The summed E-state index contributed by atoms with van der Waals surface area (Å²) in [5.41, 5.74) is 5.04. The zero-order chi connectivity index (χ0) is 30.2. The van der Waals surface area contributed by atoms with Gasteiger partial charge in [0.25, 0.3) is 0 Å². The van der Waals surface area contributed by atoms with Gasteiger partial charge in [0, 0.05) is 15.1 Å². The first-order chi connectivity index (χ1) is 18.8. The van der Waals surface area contributed by atoms with Crippen molar-refractivity contribution >= 4 is 34.8 Å². The van der Waals surface area contributed by atoms with Gasteiger partial charge in [-0.05, 0) is 88.4 Å². The molecule has 0 amide bonds. The molecule has 0 unspecified atom stereocenters. The summed E-state index contributed by atoms with van der Waals surface area (Å²) in [6.45, 7) is 17.1. The fourth-order valence-electron chi connectivity index (χ4n) is 3.50. The molecule has 0 spiro atoms. The molecule has 0 fully saturated rings. The second-order valence-electron chi connectivity index (χ2n) is 10.8. The number of hydrogen-bond donors (Lipinski definition) is 0. The predicted octanol–water partition coefficient (Wildman–Crippen LogP) is 13.3. The van der Waals surface area contributed by atoms with Crippen LogP contribution in [-0.2, 0) is 0 Å². The van der Waals surface area contributed by atoms with Gasteiger partial charge in [0.1, 0.15) is 5.82 Å². The SMILES string of the molecule is CC(C)c1ccc(Cl)cc1.CC(C)c1ccc(F)cc1.CC(C)c1cccc(Cl)c1.CC(C)c1ccccc1Cl. The van der Waals surface area contributed by atoms with Crippen LogP contribution >= 0.6 is 34.8 Å². The standard InChI is InChI=1S/3C9H11Cl.C9H11F/c1-7(2)8-3-5-9(10)6-4-8;1-7(2)8-4-3-5-9(10)6-8;1-7(2)8-5-3-4-6-9(8)10;1-7(2)8-3-5-9(10)6-4-8/h4*3-7H,1-2H3. The van der Waals surface area contributed by atoms with E-state index in [0.717, 1.165) is 15.1 Å². The number of hydrogen-bond acceptors (Lipinski definition) is 0. The zero-order valence-electron chi connectivity index (χ0n) is 25.1. The first-order valence-corrected chi connectivity index (χ1v) is 15.0. The number of rotatable bonds is 4. The van der Waals surface area contributed by atoms with E-state index in [1.807, 2.05) is 60.7 Å². The minimum absolute atomic E-state index is 0.163. The van der Waals surface area contributed by atoms with Gasteiger partial charge in [-0.2, -0.15) is 0 Å². The molecule has 0 N–H and O–H groups in total. The van der Waals surface area contributed by atoms with Crippen LogP contribution in [0.2, 0.25) is 15.1 Å². The van der Waals surface area contributed by atoms with Crippen molar-refractivity contribution in [3.8, 4) is 0 Å². The van der Waals surface area contributed by atoms with Crippen molar-refractivity contribution in [2.75, 3.05) is 0 Å². The van der Waals surface area contributed by atoms with E-state index in [4.69, 9.17) is 34.8 Å². The summed E-state index contributed by atoms with van der Waals surface area (Å²) in [4.78, 5) is 0. The zero-order valence-corrected chi connectivity index (χ0v) is 27.3. The Balaban J connectivity index is 0.000000267. The Morgan fingerprint density at radius 1 is 0.450 bits per heavy atom. The maximum atomic E-state index is 12.4. The number of benzene rings is 4. The molecule has 0 aliphatic rings. The maximum Gasteiger partial charge on any atom is 0.123 e. The van der Waals surface area contributed by atoms with Crippen LogP contribution in [0, 0.1) is 5.82 Å². The van der Waals surface area contributed by atoms with Crippen LogP contribution in [0.5, 0.6) is 0 Å². The largest absolute Gasteiger partial charge is 0.207 e. The molecule has 0 aliphatic carbocycles. The Kier molecular flexibility index (Phi) is 16.9. The van der Waals surface area contributed by atoms with Gasteiger partial charge in [-0.25, -0.2) is 4.39 Å². The molecule has 0 atom stereocenters. The van der Waals surface area contributed by atoms with Crippen LogP contribution in [0.1, 0.15) is 101 Å². The van der Waals surface area contributed by atoms with Crippen molar-refractivity contribution in [1.82, 2.24) is 0 Å². The molecule has 4 aromatic rings. The summed E-state index contributed by atoms with van der Waals surface area (Å²) in [5.74, 6) is 2.01. The minimum atomic E-state index is -0.163. The summed E-state index contributed by atoms with van der Waals surface area (Å²) in [6, 6.07) is 30.5. The first-order valence-electron chi connectivity index (χ1n) is 13.8. The molecule has 0 nitrogen and oxygen atoms in total. The van der Waals surface area contributed by atoms with Crippen LogP contribution in [0.3, 0.4) is 0 Å². The molecule has 216 valence electrons. The van der Waals surface area contributed by atoms with E-state index in [9.17, 15) is 4.39 Å². The predicted molar refractivity (Wildman–Crippen MR) is 177 cm³/mol. The molecule has 4 rings (SSSR count). The van der Waals surface area contributed by atoms with E-state index in [2.05, 4.69) is 79.7 Å². The lowest BCUT2D eigenvalue weighted by molar-refractivity contribution is 0.626. The van der Waals surface area contributed by atoms with E-state index in [1.165, 1.54) is 34.4 Å². The highest BCUT2D eigenvalue weighted by Crippen LogP contribution is 2.23. The normalized spacial score (nSPS) is 10.4. The van der Waals surface area contributed by atoms with Gasteiger partial charge in [-0.3, -0.25) is 0 Å². The van der Waals surface area contributed by atoms with Crippen LogP contribution in [0.4, 0.5) is 4.39 Å². The lowest BCUT2D eigenvalue weighted by atomic mass is 10.0. The van der Waals surface area contributed by atoms with E-state index in [-0.39, 0.29) is 5.82 Å². The highest BCUT2D eigenvalue weighted by Gasteiger charge is 2.01. The van der Waals surface area contributed by atoms with Gasteiger partial charge in [-0.1, -0.05) is 145 Å². The van der Waals surface area contributed by atoms with Crippen molar-refractivity contribution in [3.63, 3.8) is 0 Å². The topological polar surface area (TPSA) is 0 Å². The van der Waals surface area contributed by atoms with E-state index < -0.39 is 0 Å². The minimum Gasteiger partial charge on any atom is -0.207 e. The molecule has 0 aromatic heterocycles. The van der Waals surface area contributed by atoms with Gasteiger partial charge in [-0.15, -0.1) is 0 Å². The molecule has 0 heterocycles. The molecular formula is C36H44Cl3F. The van der Waals surface area contributed by atoms with Crippen molar-refractivity contribution in [3.05, 3.63) is 140 Å². The molecule has 0 bridgehead atoms. The lowest BCUT2D eigenvalue weighted by Crippen LogP contribution is -1.86. The highest BCUT2D eigenvalue weighted by atomic mass is 35.5. The van der Waals surface area contributed by atoms with E-state index >= 15 is 0 Å². The highest BCUT2D eigenvalue weighted by molar-refractivity contribution is 6.31. The van der Waals surface area contributed by atoms with Crippen LogP contribution < -0.4 is 0 Å². The summed E-state index contributed by atoms with van der Waals surface area (Å²) < 4.78 is 12.4. The first kappa shape index (κ1) is 35.7. The van der Waals surface area contributed by atoms with Crippen molar-refractivity contribution < 1.29 is 4.39 Å². The van der Waals surface area contributed by atoms with Gasteiger partial charge in [0.05, 0.1) is 0 Å². The third-order valence-electron chi connectivity index (χ3n) is 6.12. The molecule has 4 heteroatoms. The Morgan fingerprint density at radius 2 is 0.925 bits per heavy atom. The average molecular weight is 602 g/mol. The third kappa shape index (κ3) is 14.4. The van der Waals surface area contributed by atoms with E-state index in [0.29, 0.717) is 23.7 Å². The Hall–Kier alpha value is -2.32. The molecule has 0 saturated heterocycles. The molecule has 0 radical (unpaired) electrons. The van der Waals surface area contributed by atoms with Crippen molar-refractivity contribution in [2.45, 2.75) is 79.1 Å². The molecule has 4 aromatic carbocycles. The Bertz CT molecular complexity index is 1180. The van der Waals surface area contributed by atoms with Crippen molar-refractivity contribution in [2.24, 2.45) is 0 Å². The molecular weight excluding hydrogens is 558 g/mol. The van der Waals surface area contributed by atoms with Gasteiger partial charge < -0.3 is 0 Å². The van der Waals surface area contributed by atoms with Gasteiger partial charge in [0.15, 0.2) is 0 Å².